The lowest BCUT2D eigenvalue weighted by Gasteiger charge is -2.27. The molecule has 0 amide bonds. The average molecular weight is 284 g/mol. The summed E-state index contributed by atoms with van der Waals surface area (Å²) in [4.78, 5) is 0. The predicted molar refractivity (Wildman–Crippen MR) is 85.8 cm³/mol. The second-order valence-corrected chi connectivity index (χ2v) is 6.14. The summed E-state index contributed by atoms with van der Waals surface area (Å²) in [6.45, 7) is 2.30. The van der Waals surface area contributed by atoms with E-state index in [-0.39, 0.29) is 0 Å². The fraction of sp³-hybridized carbons (Fsp3) is 0.412. The van der Waals surface area contributed by atoms with Crippen molar-refractivity contribution in [2.75, 3.05) is 0 Å². The molecule has 3 rings (SSSR count). The van der Waals surface area contributed by atoms with Gasteiger partial charge in [0, 0.05) is 0 Å². The molecule has 110 valence electrons. The van der Waals surface area contributed by atoms with Crippen LogP contribution in [0.3, 0.4) is 0 Å². The summed E-state index contributed by atoms with van der Waals surface area (Å²) in [5.41, 5.74) is 0.512. The number of hydrogen-bond acceptors (Lipinski definition) is 3. The van der Waals surface area contributed by atoms with Crippen molar-refractivity contribution in [3.8, 4) is 5.75 Å². The van der Waals surface area contributed by atoms with Gasteiger partial charge in [-0.2, -0.15) is 0 Å². The Morgan fingerprint density at radius 2 is 1.62 bits per heavy atom. The van der Waals surface area contributed by atoms with Crippen molar-refractivity contribution in [2.45, 2.75) is 38.7 Å². The van der Waals surface area contributed by atoms with E-state index in [0.717, 1.165) is 35.3 Å². The normalized spacial score (nSPS) is 22.2. The van der Waals surface area contributed by atoms with Gasteiger partial charge in [0.25, 0.3) is 0 Å². The number of ether oxygens (including phenoxy) is 1. The number of rotatable bonds is 3. The second kappa shape index (κ2) is 6.08. The van der Waals surface area contributed by atoms with Gasteiger partial charge in [0.05, 0.1) is 6.10 Å². The van der Waals surface area contributed by atoms with Gasteiger partial charge in [-0.15, -0.1) is 0 Å². The fourth-order valence-electron chi connectivity index (χ4n) is 3.02. The van der Waals surface area contributed by atoms with E-state index in [0.29, 0.717) is 11.6 Å². The van der Waals surface area contributed by atoms with Crippen molar-refractivity contribution in [2.24, 2.45) is 5.92 Å². The minimum atomic E-state index is -1.42. The van der Waals surface area contributed by atoms with Gasteiger partial charge < -0.3 is 14.8 Å². The smallest absolute Gasteiger partial charge is 0.488 e. The molecule has 0 atom stereocenters. The summed E-state index contributed by atoms with van der Waals surface area (Å²) >= 11 is 0. The maximum absolute atomic E-state index is 9.21. The zero-order valence-corrected chi connectivity index (χ0v) is 12.3. The number of hydrogen-bond donors (Lipinski definition) is 2. The fourth-order valence-corrected chi connectivity index (χ4v) is 3.02. The van der Waals surface area contributed by atoms with E-state index in [1.165, 1.54) is 12.8 Å². The van der Waals surface area contributed by atoms with Gasteiger partial charge >= 0.3 is 7.12 Å². The molecule has 1 aliphatic rings. The van der Waals surface area contributed by atoms with Crippen LogP contribution in [0.25, 0.3) is 10.8 Å². The largest absolute Gasteiger partial charge is 0.490 e. The van der Waals surface area contributed by atoms with Crippen LogP contribution in [-0.4, -0.2) is 23.3 Å². The topological polar surface area (TPSA) is 49.7 Å². The van der Waals surface area contributed by atoms with Crippen molar-refractivity contribution in [3.63, 3.8) is 0 Å². The van der Waals surface area contributed by atoms with E-state index in [2.05, 4.69) is 6.92 Å². The van der Waals surface area contributed by atoms with E-state index in [4.69, 9.17) is 4.74 Å². The first kappa shape index (κ1) is 14.4. The van der Waals surface area contributed by atoms with Crippen molar-refractivity contribution in [1.29, 1.82) is 0 Å². The van der Waals surface area contributed by atoms with E-state index in [9.17, 15) is 10.0 Å². The molecule has 0 aromatic heterocycles. The second-order valence-electron chi connectivity index (χ2n) is 6.14. The Morgan fingerprint density at radius 3 is 2.33 bits per heavy atom. The zero-order valence-electron chi connectivity index (χ0n) is 12.3. The van der Waals surface area contributed by atoms with Gasteiger partial charge in [0.1, 0.15) is 5.75 Å². The first-order chi connectivity index (χ1) is 10.1. The molecule has 0 spiro atoms. The van der Waals surface area contributed by atoms with E-state index >= 15 is 0 Å². The van der Waals surface area contributed by atoms with Gasteiger partial charge in [-0.05, 0) is 60.0 Å². The van der Waals surface area contributed by atoms with Gasteiger partial charge in [0.15, 0.2) is 0 Å². The van der Waals surface area contributed by atoms with Gasteiger partial charge in [-0.25, -0.2) is 0 Å². The Labute approximate surface area is 125 Å². The van der Waals surface area contributed by atoms with Crippen molar-refractivity contribution < 1.29 is 14.8 Å². The number of benzene rings is 2. The van der Waals surface area contributed by atoms with Gasteiger partial charge in [0.2, 0.25) is 0 Å². The van der Waals surface area contributed by atoms with Gasteiger partial charge in [-0.1, -0.05) is 31.2 Å². The predicted octanol–water partition coefficient (Wildman–Crippen LogP) is 2.48. The third-order valence-corrected chi connectivity index (χ3v) is 4.40. The third kappa shape index (κ3) is 3.39. The van der Waals surface area contributed by atoms with Crippen LogP contribution in [0.4, 0.5) is 0 Å². The van der Waals surface area contributed by atoms with Crippen molar-refractivity contribution >= 4 is 23.4 Å². The maximum atomic E-state index is 9.21. The highest BCUT2D eigenvalue weighted by atomic mass is 16.5. The van der Waals surface area contributed by atoms with Crippen LogP contribution in [0.2, 0.25) is 0 Å². The number of fused-ring (bicyclic) bond motifs is 1. The summed E-state index contributed by atoms with van der Waals surface area (Å²) < 4.78 is 6.09. The van der Waals surface area contributed by atoms with Gasteiger partial charge in [-0.3, -0.25) is 0 Å². The van der Waals surface area contributed by atoms with Crippen LogP contribution >= 0.6 is 0 Å². The summed E-state index contributed by atoms with van der Waals surface area (Å²) in [6, 6.07) is 11.4. The standard InChI is InChI=1S/C17H21BO3/c1-12-2-7-16(8-3-12)21-17-9-5-13-10-15(18(19)20)6-4-14(13)11-17/h4-6,9-12,16,19-20H,2-3,7-8H2,1H3. The zero-order chi connectivity index (χ0) is 14.8. The first-order valence-electron chi connectivity index (χ1n) is 7.68. The van der Waals surface area contributed by atoms with Crippen LogP contribution in [0.5, 0.6) is 5.75 Å². The van der Waals surface area contributed by atoms with Crippen LogP contribution in [0.15, 0.2) is 36.4 Å². The SMILES string of the molecule is CC1CCC(Oc2ccc3cc(B(O)O)ccc3c2)CC1. The molecule has 1 fully saturated rings. The Hall–Kier alpha value is -1.52. The molecular weight excluding hydrogens is 263 g/mol. The van der Waals surface area contributed by atoms with Crippen LogP contribution in [0, 0.1) is 5.92 Å². The summed E-state index contributed by atoms with van der Waals surface area (Å²) in [5, 5.41) is 20.5. The molecule has 1 aliphatic carbocycles. The lowest BCUT2D eigenvalue weighted by molar-refractivity contribution is 0.136. The van der Waals surface area contributed by atoms with E-state index in [1.807, 2.05) is 24.3 Å². The summed E-state index contributed by atoms with van der Waals surface area (Å²) in [7, 11) is -1.42. The summed E-state index contributed by atoms with van der Waals surface area (Å²) in [5.74, 6) is 1.73. The highest BCUT2D eigenvalue weighted by molar-refractivity contribution is 6.58. The highest BCUT2D eigenvalue weighted by Crippen LogP contribution is 2.28. The lowest BCUT2D eigenvalue weighted by Crippen LogP contribution is -2.29. The average Bonchev–Trinajstić information content (AvgIpc) is 2.49. The molecule has 2 aromatic rings. The highest BCUT2D eigenvalue weighted by Gasteiger charge is 2.19. The molecule has 0 aliphatic heterocycles. The maximum Gasteiger partial charge on any atom is 0.488 e. The first-order valence-corrected chi connectivity index (χ1v) is 7.68. The van der Waals surface area contributed by atoms with Crippen LogP contribution in [-0.2, 0) is 0 Å². The Morgan fingerprint density at radius 1 is 0.952 bits per heavy atom. The van der Waals surface area contributed by atoms with Crippen LogP contribution < -0.4 is 10.2 Å². The molecule has 2 N–H and O–H groups in total. The van der Waals surface area contributed by atoms with Crippen LogP contribution in [0.1, 0.15) is 32.6 Å². The molecular formula is C17H21BO3. The Bertz CT molecular complexity index is 618. The molecule has 1 saturated carbocycles. The van der Waals surface area contributed by atoms with Crippen molar-refractivity contribution in [1.82, 2.24) is 0 Å². The Kier molecular flexibility index (Phi) is 4.18. The molecule has 0 unspecified atom stereocenters. The molecule has 0 heterocycles. The molecule has 3 nitrogen and oxygen atoms in total. The Balaban J connectivity index is 1.76. The van der Waals surface area contributed by atoms with Crippen molar-refractivity contribution in [3.05, 3.63) is 36.4 Å². The molecule has 4 heteroatoms. The minimum absolute atomic E-state index is 0.331. The molecule has 0 saturated heterocycles. The monoisotopic (exact) mass is 284 g/mol. The summed E-state index contributed by atoms with van der Waals surface area (Å²) in [6.07, 6.45) is 5.09. The molecule has 0 radical (unpaired) electrons. The quantitative estimate of drug-likeness (QED) is 0.851. The molecule has 2 aromatic carbocycles. The lowest BCUT2D eigenvalue weighted by atomic mass is 9.79. The molecule has 0 bridgehead atoms. The molecule has 21 heavy (non-hydrogen) atoms. The van der Waals surface area contributed by atoms with E-state index in [1.54, 1.807) is 12.1 Å². The van der Waals surface area contributed by atoms with E-state index < -0.39 is 7.12 Å². The minimum Gasteiger partial charge on any atom is -0.490 e. The third-order valence-electron chi connectivity index (χ3n) is 4.40.